The molecule has 0 spiro atoms. The van der Waals surface area contributed by atoms with E-state index in [0.29, 0.717) is 5.56 Å². The number of hydrogen-bond donors (Lipinski definition) is 3. The number of Topliss-reactive ketones (excluding diaryl/α,β-unsaturated/α-hetero) is 4. The molecule has 3 aliphatic carbocycles. The molecule has 37 heavy (non-hydrogen) atoms. The van der Waals surface area contributed by atoms with Crippen LogP contribution in [0.5, 0.6) is 5.75 Å². The fourth-order valence-electron chi connectivity index (χ4n) is 6.50. The molecule has 2 aromatic carbocycles. The van der Waals surface area contributed by atoms with Gasteiger partial charge in [-0.05, 0) is 90.3 Å². The van der Waals surface area contributed by atoms with Crippen molar-refractivity contribution in [2.24, 2.45) is 29.4 Å². The van der Waals surface area contributed by atoms with E-state index in [-0.39, 0.29) is 24.2 Å². The smallest absolute Gasteiger partial charge is 0.235 e. The Hall–Kier alpha value is -2.96. The summed E-state index contributed by atoms with van der Waals surface area (Å²) < 4.78 is 1.03. The maximum atomic E-state index is 13.8. The maximum absolute atomic E-state index is 13.8. The zero-order valence-corrected chi connectivity index (χ0v) is 22.3. The molecular formula is C27H25IN2O7. The summed E-state index contributed by atoms with van der Waals surface area (Å²) in [6.45, 7) is 0. The number of carbonyl (C=O) groups is 5. The lowest BCUT2D eigenvalue weighted by atomic mass is 9.52. The number of fused-ring (bicyclic) bond motifs is 3. The molecule has 1 amide bonds. The van der Waals surface area contributed by atoms with Gasteiger partial charge in [0.05, 0.1) is 17.5 Å². The summed E-state index contributed by atoms with van der Waals surface area (Å²) in [5, 5.41) is 22.3. The molecule has 2 aromatic rings. The number of aliphatic hydroxyl groups is 1. The predicted octanol–water partition coefficient (Wildman–Crippen LogP) is 1.14. The van der Waals surface area contributed by atoms with Crippen molar-refractivity contribution < 1.29 is 34.2 Å². The van der Waals surface area contributed by atoms with Gasteiger partial charge in [-0.15, -0.1) is 0 Å². The van der Waals surface area contributed by atoms with E-state index in [2.05, 4.69) is 22.6 Å². The molecule has 192 valence electrons. The highest BCUT2D eigenvalue weighted by atomic mass is 127. The van der Waals surface area contributed by atoms with E-state index >= 15 is 0 Å². The van der Waals surface area contributed by atoms with E-state index in [1.807, 2.05) is 24.3 Å². The van der Waals surface area contributed by atoms with E-state index < -0.39 is 64.4 Å². The lowest BCUT2D eigenvalue weighted by Gasteiger charge is -2.52. The van der Waals surface area contributed by atoms with Crippen LogP contribution in [0.4, 0.5) is 0 Å². The molecule has 2 saturated carbocycles. The van der Waals surface area contributed by atoms with Crippen molar-refractivity contribution in [3.63, 3.8) is 0 Å². The normalized spacial score (nSPS) is 31.1. The molecule has 2 fully saturated rings. The van der Waals surface area contributed by atoms with E-state index in [1.54, 1.807) is 20.2 Å². The lowest BCUT2D eigenvalue weighted by Crippen LogP contribution is -2.74. The Morgan fingerprint density at radius 1 is 1.05 bits per heavy atom. The molecular weight excluding hydrogens is 591 g/mol. The van der Waals surface area contributed by atoms with Gasteiger partial charge in [-0.2, -0.15) is 0 Å². The Labute approximate surface area is 226 Å². The van der Waals surface area contributed by atoms with Crippen molar-refractivity contribution in [2.45, 2.75) is 24.5 Å². The van der Waals surface area contributed by atoms with Crippen LogP contribution in [0.25, 0.3) is 11.1 Å². The lowest BCUT2D eigenvalue weighted by molar-refractivity contribution is -0.181. The summed E-state index contributed by atoms with van der Waals surface area (Å²) in [6, 6.07) is 9.64. The summed E-state index contributed by atoms with van der Waals surface area (Å²) in [6.07, 6.45) is 0.243. The monoisotopic (exact) mass is 616 g/mol. The van der Waals surface area contributed by atoms with Crippen LogP contribution in [-0.4, -0.2) is 69.9 Å². The Kier molecular flexibility index (Phi) is 6.12. The minimum absolute atomic E-state index is 0.0114. The second-order valence-corrected chi connectivity index (χ2v) is 11.5. The first-order valence-electron chi connectivity index (χ1n) is 11.8. The van der Waals surface area contributed by atoms with Crippen LogP contribution in [-0.2, 0) is 25.6 Å². The van der Waals surface area contributed by atoms with E-state index in [0.717, 1.165) is 14.7 Å². The maximum Gasteiger partial charge on any atom is 0.235 e. The molecule has 10 heteroatoms. The number of primary amides is 1. The molecule has 0 aromatic heterocycles. The Morgan fingerprint density at radius 3 is 2.30 bits per heavy atom. The van der Waals surface area contributed by atoms with Gasteiger partial charge in [0.1, 0.15) is 5.75 Å². The number of rotatable bonds is 3. The number of nitrogens with zero attached hydrogens (tertiary/aromatic N) is 1. The summed E-state index contributed by atoms with van der Waals surface area (Å²) in [5.41, 5.74) is 4.75. The highest BCUT2D eigenvalue weighted by Gasteiger charge is 2.69. The van der Waals surface area contributed by atoms with Gasteiger partial charge in [0.25, 0.3) is 0 Å². The average Bonchev–Trinajstić information content (AvgIpc) is 2.82. The summed E-state index contributed by atoms with van der Waals surface area (Å²) in [5.74, 6) is -10.5. The van der Waals surface area contributed by atoms with Gasteiger partial charge in [-0.25, -0.2) is 0 Å². The third-order valence-electron chi connectivity index (χ3n) is 8.10. The minimum atomic E-state index is -2.72. The first kappa shape index (κ1) is 25.7. The average molecular weight is 616 g/mol. The molecule has 9 nitrogen and oxygen atoms in total. The Bertz CT molecular complexity index is 1390. The number of nitrogens with two attached hydrogens (primary N) is 1. The molecule has 0 aliphatic heterocycles. The number of ketones is 4. The molecule has 3 aliphatic rings. The molecule has 0 heterocycles. The van der Waals surface area contributed by atoms with Gasteiger partial charge in [0, 0.05) is 9.49 Å². The number of aromatic hydroxyl groups is 1. The number of likely N-dealkylation sites (N-methyl/N-ethyl adjacent to an activating group) is 1. The van der Waals surface area contributed by atoms with Crippen molar-refractivity contribution in [3.8, 4) is 16.9 Å². The van der Waals surface area contributed by atoms with Gasteiger partial charge >= 0.3 is 0 Å². The fourth-order valence-corrected chi connectivity index (χ4v) is 6.86. The van der Waals surface area contributed by atoms with Gasteiger partial charge in [0.15, 0.2) is 34.7 Å². The van der Waals surface area contributed by atoms with Crippen molar-refractivity contribution in [3.05, 3.63) is 51.1 Å². The number of phenolic OH excluding ortho intramolecular Hbond substituents is 1. The molecule has 0 radical (unpaired) electrons. The van der Waals surface area contributed by atoms with E-state index in [1.165, 1.54) is 11.0 Å². The summed E-state index contributed by atoms with van der Waals surface area (Å²) >= 11 is 2.19. The van der Waals surface area contributed by atoms with Crippen LogP contribution in [0.2, 0.25) is 0 Å². The zero-order valence-electron chi connectivity index (χ0n) is 20.1. The Morgan fingerprint density at radius 2 is 1.70 bits per heavy atom. The molecule has 0 saturated heterocycles. The second kappa shape index (κ2) is 8.81. The van der Waals surface area contributed by atoms with Crippen LogP contribution in [0.1, 0.15) is 22.3 Å². The zero-order chi connectivity index (χ0) is 27.0. The van der Waals surface area contributed by atoms with Crippen molar-refractivity contribution >= 4 is 51.6 Å². The standard InChI is InChI=1S/C27H25IN2O7/c1-30(2)21-16-10-12-9-15-14(11-3-5-13(28)6-4-11)7-8-17(31)19(15)22(32)18(12)24(34)27(16,37)25(35)20(23(21)33)26(29)36/h3-8,12,16,18,20-21,31,37H,9-10H2,1-2H3,(H2,29,36)/t12-,16-,18?,20?,21-,27-/m0/s1. The number of halogens is 1. The number of carbonyl (C=O) groups excluding carboxylic acids is 5. The quantitative estimate of drug-likeness (QED) is 0.343. The molecule has 4 N–H and O–H groups in total. The SMILES string of the molecule is CN(C)[C@@H]1C(=O)C(C(N)=O)C(=O)[C@@]2(O)C(=O)C3C(=O)c4c(O)ccc(-c5ccc(I)cc5)c4C[C@H]3C[C@@H]12. The fraction of sp³-hybridized carbons (Fsp3) is 0.370. The predicted molar refractivity (Wildman–Crippen MR) is 140 cm³/mol. The van der Waals surface area contributed by atoms with Crippen LogP contribution in [0, 0.1) is 27.2 Å². The minimum Gasteiger partial charge on any atom is -0.507 e. The van der Waals surface area contributed by atoms with Crippen LogP contribution >= 0.6 is 22.6 Å². The van der Waals surface area contributed by atoms with Crippen LogP contribution < -0.4 is 5.73 Å². The van der Waals surface area contributed by atoms with Gasteiger partial charge in [-0.1, -0.05) is 18.2 Å². The highest BCUT2D eigenvalue weighted by molar-refractivity contribution is 14.1. The second-order valence-electron chi connectivity index (χ2n) is 10.3. The van der Waals surface area contributed by atoms with E-state index in [9.17, 15) is 34.2 Å². The van der Waals surface area contributed by atoms with Crippen molar-refractivity contribution in [1.29, 1.82) is 0 Å². The summed E-state index contributed by atoms with van der Waals surface area (Å²) in [4.78, 5) is 67.6. The molecule has 5 rings (SSSR count). The third kappa shape index (κ3) is 3.60. The number of amides is 1. The summed E-state index contributed by atoms with van der Waals surface area (Å²) in [7, 11) is 3.11. The van der Waals surface area contributed by atoms with Crippen LogP contribution in [0.15, 0.2) is 36.4 Å². The largest absolute Gasteiger partial charge is 0.507 e. The number of phenols is 1. The third-order valence-corrected chi connectivity index (χ3v) is 8.82. The number of benzene rings is 2. The van der Waals surface area contributed by atoms with Crippen molar-refractivity contribution in [2.75, 3.05) is 14.1 Å². The van der Waals surface area contributed by atoms with Gasteiger partial charge in [0.2, 0.25) is 5.91 Å². The molecule has 6 atom stereocenters. The van der Waals surface area contributed by atoms with E-state index in [4.69, 9.17) is 5.73 Å². The van der Waals surface area contributed by atoms with Gasteiger partial charge in [-0.3, -0.25) is 28.9 Å². The first-order chi connectivity index (χ1) is 17.4. The number of hydrogen-bond acceptors (Lipinski definition) is 8. The first-order valence-corrected chi connectivity index (χ1v) is 12.9. The molecule has 2 unspecified atom stereocenters. The molecule has 0 bridgehead atoms. The van der Waals surface area contributed by atoms with Crippen molar-refractivity contribution in [1.82, 2.24) is 4.90 Å². The Balaban J connectivity index is 1.66. The topological polar surface area (TPSA) is 155 Å². The highest BCUT2D eigenvalue weighted by Crippen LogP contribution is 2.51. The van der Waals surface area contributed by atoms with Crippen LogP contribution in [0.3, 0.4) is 0 Å². The van der Waals surface area contributed by atoms with Gasteiger partial charge < -0.3 is 15.9 Å².